The van der Waals surface area contributed by atoms with Gasteiger partial charge in [0.05, 0.1) is 18.8 Å². The van der Waals surface area contributed by atoms with Gasteiger partial charge in [0, 0.05) is 0 Å². The SMILES string of the molecule is CCCCCCCCCCCCCCCCCCCC/C=C\CCCCCCCCCCCCCCCCCCC(O)C(=O)NC(CO)C(O)C(O)CCCCCCC. The Balaban J connectivity index is 3.40. The zero-order chi connectivity index (χ0) is 43.1. The third kappa shape index (κ3) is 42.1. The summed E-state index contributed by atoms with van der Waals surface area (Å²) in [7, 11) is 0. The molecule has 1 amide bonds. The highest BCUT2D eigenvalue weighted by molar-refractivity contribution is 5.80. The summed E-state index contributed by atoms with van der Waals surface area (Å²) >= 11 is 0. The normalized spacial score (nSPS) is 13.9. The van der Waals surface area contributed by atoms with E-state index >= 15 is 0 Å². The van der Waals surface area contributed by atoms with Gasteiger partial charge in [-0.15, -0.1) is 0 Å². The topological polar surface area (TPSA) is 110 Å². The number of nitrogens with one attached hydrogen (secondary N) is 1. The van der Waals surface area contributed by atoms with Gasteiger partial charge in [-0.1, -0.05) is 264 Å². The van der Waals surface area contributed by atoms with Crippen LogP contribution >= 0.6 is 0 Å². The number of hydrogen-bond acceptors (Lipinski definition) is 5. The highest BCUT2D eigenvalue weighted by atomic mass is 16.3. The molecule has 0 rings (SSSR count). The lowest BCUT2D eigenvalue weighted by molar-refractivity contribution is -0.132. The molecule has 352 valence electrons. The van der Waals surface area contributed by atoms with Gasteiger partial charge < -0.3 is 25.7 Å². The van der Waals surface area contributed by atoms with E-state index in [0.29, 0.717) is 12.8 Å². The third-order valence-corrected chi connectivity index (χ3v) is 12.7. The van der Waals surface area contributed by atoms with E-state index in [2.05, 4.69) is 31.3 Å². The predicted molar refractivity (Wildman–Crippen MR) is 256 cm³/mol. The maximum atomic E-state index is 12.4. The summed E-state index contributed by atoms with van der Waals surface area (Å²) in [4.78, 5) is 12.4. The van der Waals surface area contributed by atoms with Crippen LogP contribution in [0.1, 0.15) is 290 Å². The summed E-state index contributed by atoms with van der Waals surface area (Å²) in [5, 5.41) is 43.2. The maximum absolute atomic E-state index is 12.4. The first-order chi connectivity index (χ1) is 29.0. The number of unbranched alkanes of at least 4 members (excludes halogenated alkanes) is 38. The molecule has 0 aliphatic heterocycles. The predicted octanol–water partition coefficient (Wildman–Crippen LogP) is 14.9. The number of aliphatic hydroxyl groups is 4. The summed E-state index contributed by atoms with van der Waals surface area (Å²) in [6, 6.07) is -0.978. The number of amides is 1. The van der Waals surface area contributed by atoms with Crippen LogP contribution in [0.25, 0.3) is 0 Å². The van der Waals surface area contributed by atoms with Crippen molar-refractivity contribution in [2.24, 2.45) is 0 Å². The van der Waals surface area contributed by atoms with E-state index in [9.17, 15) is 25.2 Å². The molecule has 0 aliphatic carbocycles. The van der Waals surface area contributed by atoms with Crippen LogP contribution in [-0.4, -0.2) is 57.3 Å². The fourth-order valence-corrected chi connectivity index (χ4v) is 8.52. The van der Waals surface area contributed by atoms with Crippen LogP contribution in [0.4, 0.5) is 0 Å². The average Bonchev–Trinajstić information content (AvgIpc) is 3.24. The van der Waals surface area contributed by atoms with Gasteiger partial charge in [-0.3, -0.25) is 4.79 Å². The summed E-state index contributed by atoms with van der Waals surface area (Å²) in [5.74, 6) is -0.586. The molecule has 6 heteroatoms. The molecule has 0 aromatic carbocycles. The van der Waals surface area contributed by atoms with E-state index in [1.807, 2.05) is 0 Å². The van der Waals surface area contributed by atoms with E-state index in [-0.39, 0.29) is 0 Å². The van der Waals surface area contributed by atoms with Crippen LogP contribution in [0, 0.1) is 0 Å². The summed E-state index contributed by atoms with van der Waals surface area (Å²) in [6.45, 7) is 3.97. The lowest BCUT2D eigenvalue weighted by Gasteiger charge is -2.27. The van der Waals surface area contributed by atoms with Gasteiger partial charge >= 0.3 is 0 Å². The second kappa shape index (κ2) is 48.1. The Morgan fingerprint density at radius 2 is 0.678 bits per heavy atom. The number of carbonyl (C=O) groups excluding carboxylic acids is 1. The molecule has 0 bridgehead atoms. The van der Waals surface area contributed by atoms with Crippen LogP contribution in [0.3, 0.4) is 0 Å². The Kier molecular flexibility index (Phi) is 47.3. The molecule has 59 heavy (non-hydrogen) atoms. The third-order valence-electron chi connectivity index (χ3n) is 12.7. The van der Waals surface area contributed by atoms with Crippen LogP contribution in [-0.2, 0) is 4.79 Å². The van der Waals surface area contributed by atoms with Crippen molar-refractivity contribution < 1.29 is 25.2 Å². The highest BCUT2D eigenvalue weighted by Crippen LogP contribution is 2.18. The highest BCUT2D eigenvalue weighted by Gasteiger charge is 2.28. The minimum atomic E-state index is -1.25. The molecule has 0 spiro atoms. The molecule has 0 radical (unpaired) electrons. The first kappa shape index (κ1) is 58.0. The number of hydrogen-bond donors (Lipinski definition) is 5. The number of allylic oxidation sites excluding steroid dienone is 2. The smallest absolute Gasteiger partial charge is 0.249 e. The van der Waals surface area contributed by atoms with Gasteiger partial charge in [0.15, 0.2) is 0 Å². The fraction of sp³-hybridized carbons (Fsp3) is 0.943. The lowest BCUT2D eigenvalue weighted by Crippen LogP contribution is -2.53. The molecule has 0 heterocycles. The fourth-order valence-electron chi connectivity index (χ4n) is 8.52. The largest absolute Gasteiger partial charge is 0.394 e. The quantitative estimate of drug-likeness (QED) is 0.0310. The van der Waals surface area contributed by atoms with Gasteiger partial charge in [0.2, 0.25) is 5.91 Å². The zero-order valence-electron chi connectivity index (χ0n) is 39.8. The second-order valence-corrected chi connectivity index (χ2v) is 18.6. The van der Waals surface area contributed by atoms with E-state index in [1.165, 1.54) is 212 Å². The molecule has 0 fully saturated rings. The molecular formula is C53H105NO5. The zero-order valence-corrected chi connectivity index (χ0v) is 39.8. The van der Waals surface area contributed by atoms with E-state index in [1.54, 1.807) is 0 Å². The summed E-state index contributed by atoms with van der Waals surface area (Å²) in [6.07, 6.45) is 56.5. The first-order valence-electron chi connectivity index (χ1n) is 26.6. The molecule has 0 aliphatic rings. The maximum Gasteiger partial charge on any atom is 0.249 e. The molecule has 0 aromatic heterocycles. The van der Waals surface area contributed by atoms with Gasteiger partial charge in [-0.2, -0.15) is 0 Å². The van der Waals surface area contributed by atoms with E-state index < -0.39 is 36.9 Å². The van der Waals surface area contributed by atoms with Crippen molar-refractivity contribution in [3.63, 3.8) is 0 Å². The monoisotopic (exact) mass is 836 g/mol. The van der Waals surface area contributed by atoms with Crippen LogP contribution in [0.2, 0.25) is 0 Å². The van der Waals surface area contributed by atoms with Crippen molar-refractivity contribution in [1.82, 2.24) is 5.32 Å². The Morgan fingerprint density at radius 1 is 0.407 bits per heavy atom. The van der Waals surface area contributed by atoms with Crippen molar-refractivity contribution >= 4 is 5.91 Å². The minimum Gasteiger partial charge on any atom is -0.394 e. The van der Waals surface area contributed by atoms with Crippen LogP contribution < -0.4 is 5.32 Å². The Morgan fingerprint density at radius 3 is 0.983 bits per heavy atom. The Bertz CT molecular complexity index is 852. The van der Waals surface area contributed by atoms with Crippen LogP contribution in [0.15, 0.2) is 12.2 Å². The lowest BCUT2D eigenvalue weighted by atomic mass is 9.99. The van der Waals surface area contributed by atoms with Gasteiger partial charge in [0.1, 0.15) is 12.2 Å². The van der Waals surface area contributed by atoms with Crippen molar-refractivity contribution in [1.29, 1.82) is 0 Å². The van der Waals surface area contributed by atoms with Crippen molar-refractivity contribution in [2.45, 2.75) is 314 Å². The average molecular weight is 836 g/mol. The van der Waals surface area contributed by atoms with Crippen molar-refractivity contribution in [2.75, 3.05) is 6.61 Å². The molecule has 0 aromatic rings. The van der Waals surface area contributed by atoms with Gasteiger partial charge in [-0.25, -0.2) is 0 Å². The van der Waals surface area contributed by atoms with Gasteiger partial charge in [0.25, 0.3) is 0 Å². The molecule has 4 atom stereocenters. The Hall–Kier alpha value is -0.950. The summed E-state index contributed by atoms with van der Waals surface area (Å²) in [5.41, 5.74) is 0. The second-order valence-electron chi connectivity index (χ2n) is 18.6. The summed E-state index contributed by atoms with van der Waals surface area (Å²) < 4.78 is 0. The molecular weight excluding hydrogens is 731 g/mol. The molecule has 4 unspecified atom stereocenters. The number of aliphatic hydroxyl groups excluding tert-OH is 4. The van der Waals surface area contributed by atoms with Crippen molar-refractivity contribution in [3.8, 4) is 0 Å². The van der Waals surface area contributed by atoms with Crippen LogP contribution in [0.5, 0.6) is 0 Å². The minimum absolute atomic E-state index is 0.372. The molecule has 0 saturated carbocycles. The van der Waals surface area contributed by atoms with Gasteiger partial charge in [-0.05, 0) is 38.5 Å². The molecule has 0 saturated heterocycles. The van der Waals surface area contributed by atoms with Crippen molar-refractivity contribution in [3.05, 3.63) is 12.2 Å². The first-order valence-corrected chi connectivity index (χ1v) is 26.6. The molecule has 6 nitrogen and oxygen atoms in total. The molecule has 5 N–H and O–H groups in total. The number of rotatable bonds is 49. The Labute approximate surface area is 368 Å². The van der Waals surface area contributed by atoms with E-state index in [4.69, 9.17) is 0 Å². The standard InChI is InChI=1S/C53H105NO5/c1-3-5-7-9-10-11-12-13-14-15-16-17-18-19-20-21-22-23-24-25-26-27-28-29-30-31-32-33-34-35-36-37-38-39-40-41-43-45-47-51(57)53(59)54-49(48-55)52(58)50(56)46-44-42-8-6-4-2/h25-26,49-52,55-58H,3-24,27-48H2,1-2H3,(H,54,59)/b26-25-. The van der Waals surface area contributed by atoms with E-state index in [0.717, 1.165) is 51.4 Å². The number of carbonyl (C=O) groups is 1.